The Kier molecular flexibility index (Phi) is 6.59. The summed E-state index contributed by atoms with van der Waals surface area (Å²) in [7, 11) is 0. The molecule has 0 bridgehead atoms. The smallest absolute Gasteiger partial charge is 0.332 e. The van der Waals surface area contributed by atoms with E-state index in [-0.39, 0.29) is 24.6 Å². The fourth-order valence-electron chi connectivity index (χ4n) is 3.81. The summed E-state index contributed by atoms with van der Waals surface area (Å²) in [4.78, 5) is 41.0. The van der Waals surface area contributed by atoms with E-state index < -0.39 is 5.69 Å². The van der Waals surface area contributed by atoms with Gasteiger partial charge in [-0.2, -0.15) is 0 Å². The number of ether oxygens (including phenoxy) is 1. The second-order valence-electron chi connectivity index (χ2n) is 7.57. The third-order valence-corrected chi connectivity index (χ3v) is 5.47. The fraction of sp³-hybridized carbons (Fsp3) is 0.348. The molecule has 4 rings (SSSR count). The predicted molar refractivity (Wildman–Crippen MR) is 118 cm³/mol. The standard InChI is InChI=1S/C23H26N4O4/c28-21(24-10-11-25-12-14-31-15-13-25)17-26-20-9-5-4-8-19(20)22(29)27(23(26)30)16-18-6-2-1-3-7-18/h1-9H,10-17H2,(H,24,28). The summed E-state index contributed by atoms with van der Waals surface area (Å²) in [6, 6.07) is 16.2. The lowest BCUT2D eigenvalue weighted by atomic mass is 10.2. The molecule has 1 aliphatic heterocycles. The average Bonchev–Trinajstić information content (AvgIpc) is 2.81. The Labute approximate surface area is 179 Å². The van der Waals surface area contributed by atoms with Crippen molar-refractivity contribution in [3.8, 4) is 0 Å². The third kappa shape index (κ3) is 4.92. The summed E-state index contributed by atoms with van der Waals surface area (Å²) >= 11 is 0. The molecule has 2 heterocycles. The lowest BCUT2D eigenvalue weighted by Gasteiger charge is -2.26. The van der Waals surface area contributed by atoms with E-state index >= 15 is 0 Å². The Balaban J connectivity index is 1.56. The molecule has 0 radical (unpaired) electrons. The van der Waals surface area contributed by atoms with E-state index in [2.05, 4.69) is 10.2 Å². The Morgan fingerprint density at radius 2 is 1.65 bits per heavy atom. The number of nitrogens with one attached hydrogen (secondary N) is 1. The molecular formula is C23H26N4O4. The van der Waals surface area contributed by atoms with Crippen LogP contribution in [-0.4, -0.2) is 59.3 Å². The Bertz CT molecular complexity index is 1160. The van der Waals surface area contributed by atoms with Crippen molar-refractivity contribution in [3.63, 3.8) is 0 Å². The number of fused-ring (bicyclic) bond motifs is 1. The molecular weight excluding hydrogens is 396 g/mol. The molecule has 1 amide bonds. The molecule has 0 unspecified atom stereocenters. The van der Waals surface area contributed by atoms with Gasteiger partial charge in [-0.3, -0.25) is 23.6 Å². The summed E-state index contributed by atoms with van der Waals surface area (Å²) in [5, 5.41) is 3.30. The fourth-order valence-corrected chi connectivity index (χ4v) is 3.81. The number of amides is 1. The van der Waals surface area contributed by atoms with Gasteiger partial charge in [-0.25, -0.2) is 4.79 Å². The third-order valence-electron chi connectivity index (χ3n) is 5.47. The highest BCUT2D eigenvalue weighted by atomic mass is 16.5. The first-order valence-electron chi connectivity index (χ1n) is 10.5. The zero-order chi connectivity index (χ0) is 21.6. The molecule has 2 aromatic carbocycles. The predicted octanol–water partition coefficient (Wildman–Crippen LogP) is 0.660. The number of rotatable bonds is 7. The van der Waals surface area contributed by atoms with E-state index in [0.29, 0.717) is 30.7 Å². The summed E-state index contributed by atoms with van der Waals surface area (Å²) in [5.41, 5.74) is 0.466. The molecule has 8 nitrogen and oxygen atoms in total. The minimum absolute atomic E-state index is 0.141. The van der Waals surface area contributed by atoms with Gasteiger partial charge in [0, 0.05) is 26.2 Å². The largest absolute Gasteiger partial charge is 0.379 e. The van der Waals surface area contributed by atoms with Gasteiger partial charge in [-0.05, 0) is 17.7 Å². The van der Waals surface area contributed by atoms with Gasteiger partial charge in [-0.1, -0.05) is 42.5 Å². The maximum Gasteiger partial charge on any atom is 0.332 e. The van der Waals surface area contributed by atoms with Crippen molar-refractivity contribution in [2.45, 2.75) is 13.1 Å². The molecule has 8 heteroatoms. The van der Waals surface area contributed by atoms with Crippen LogP contribution in [0.2, 0.25) is 0 Å². The molecule has 31 heavy (non-hydrogen) atoms. The molecule has 1 aliphatic rings. The average molecular weight is 422 g/mol. The zero-order valence-corrected chi connectivity index (χ0v) is 17.3. The van der Waals surface area contributed by atoms with Gasteiger partial charge >= 0.3 is 5.69 Å². The van der Waals surface area contributed by atoms with Crippen molar-refractivity contribution in [1.29, 1.82) is 0 Å². The molecule has 0 aliphatic carbocycles. The van der Waals surface area contributed by atoms with Crippen molar-refractivity contribution in [1.82, 2.24) is 19.4 Å². The molecule has 1 fully saturated rings. The van der Waals surface area contributed by atoms with Crippen molar-refractivity contribution in [2.24, 2.45) is 0 Å². The van der Waals surface area contributed by atoms with Gasteiger partial charge in [0.1, 0.15) is 6.54 Å². The first-order chi connectivity index (χ1) is 15.1. The van der Waals surface area contributed by atoms with E-state index in [4.69, 9.17) is 4.74 Å². The maximum absolute atomic E-state index is 13.2. The molecule has 1 N–H and O–H groups in total. The van der Waals surface area contributed by atoms with Crippen LogP contribution >= 0.6 is 0 Å². The summed E-state index contributed by atoms with van der Waals surface area (Å²) in [6.07, 6.45) is 0. The maximum atomic E-state index is 13.2. The second kappa shape index (κ2) is 9.72. The summed E-state index contributed by atoms with van der Waals surface area (Å²) < 4.78 is 7.90. The van der Waals surface area contributed by atoms with E-state index in [1.807, 2.05) is 30.3 Å². The van der Waals surface area contributed by atoms with Crippen LogP contribution in [0.25, 0.3) is 10.9 Å². The van der Waals surface area contributed by atoms with Gasteiger partial charge in [0.05, 0.1) is 30.7 Å². The van der Waals surface area contributed by atoms with Crippen molar-refractivity contribution in [2.75, 3.05) is 39.4 Å². The first-order valence-corrected chi connectivity index (χ1v) is 10.5. The zero-order valence-electron chi connectivity index (χ0n) is 17.3. The van der Waals surface area contributed by atoms with Crippen LogP contribution in [0.15, 0.2) is 64.2 Å². The number of hydrogen-bond donors (Lipinski definition) is 1. The van der Waals surface area contributed by atoms with Crippen LogP contribution in [0.3, 0.4) is 0 Å². The number of carbonyl (C=O) groups is 1. The molecule has 3 aromatic rings. The minimum Gasteiger partial charge on any atom is -0.379 e. The van der Waals surface area contributed by atoms with Crippen LogP contribution in [0.4, 0.5) is 0 Å². The highest BCUT2D eigenvalue weighted by Gasteiger charge is 2.16. The number of hydrogen-bond acceptors (Lipinski definition) is 5. The van der Waals surface area contributed by atoms with Crippen LogP contribution < -0.4 is 16.6 Å². The monoisotopic (exact) mass is 422 g/mol. The van der Waals surface area contributed by atoms with Crippen LogP contribution in [-0.2, 0) is 22.6 Å². The first kappa shape index (κ1) is 21.0. The second-order valence-corrected chi connectivity index (χ2v) is 7.57. The van der Waals surface area contributed by atoms with Gasteiger partial charge < -0.3 is 10.1 Å². The van der Waals surface area contributed by atoms with Crippen molar-refractivity contribution < 1.29 is 9.53 Å². The number of para-hydroxylation sites is 1. The van der Waals surface area contributed by atoms with Gasteiger partial charge in [0.15, 0.2) is 0 Å². The van der Waals surface area contributed by atoms with Crippen molar-refractivity contribution in [3.05, 3.63) is 81.0 Å². The Hall–Kier alpha value is -3.23. The number of carbonyl (C=O) groups excluding carboxylic acids is 1. The lowest BCUT2D eigenvalue weighted by molar-refractivity contribution is -0.121. The van der Waals surface area contributed by atoms with E-state index in [9.17, 15) is 14.4 Å². The number of nitrogens with zero attached hydrogens (tertiary/aromatic N) is 3. The van der Waals surface area contributed by atoms with Crippen LogP contribution in [0, 0.1) is 0 Å². The van der Waals surface area contributed by atoms with E-state index in [1.54, 1.807) is 24.3 Å². The SMILES string of the molecule is O=C(Cn1c(=O)n(Cc2ccccc2)c(=O)c2ccccc21)NCCN1CCOCC1. The van der Waals surface area contributed by atoms with Gasteiger partial charge in [0.2, 0.25) is 5.91 Å². The lowest BCUT2D eigenvalue weighted by Crippen LogP contribution is -2.44. The summed E-state index contributed by atoms with van der Waals surface area (Å²) in [5.74, 6) is -0.259. The Morgan fingerprint density at radius 1 is 0.935 bits per heavy atom. The Morgan fingerprint density at radius 3 is 2.42 bits per heavy atom. The van der Waals surface area contributed by atoms with Crippen LogP contribution in [0.1, 0.15) is 5.56 Å². The highest BCUT2D eigenvalue weighted by Crippen LogP contribution is 2.08. The van der Waals surface area contributed by atoms with Gasteiger partial charge in [0.25, 0.3) is 5.56 Å². The number of morpholine rings is 1. The van der Waals surface area contributed by atoms with Gasteiger partial charge in [-0.15, -0.1) is 0 Å². The summed E-state index contributed by atoms with van der Waals surface area (Å²) in [6.45, 7) is 4.36. The molecule has 0 spiro atoms. The quantitative estimate of drug-likeness (QED) is 0.605. The molecule has 1 aromatic heterocycles. The van der Waals surface area contributed by atoms with Crippen LogP contribution in [0.5, 0.6) is 0 Å². The molecule has 1 saturated heterocycles. The minimum atomic E-state index is -0.490. The number of aromatic nitrogens is 2. The molecule has 0 saturated carbocycles. The number of benzene rings is 2. The highest BCUT2D eigenvalue weighted by molar-refractivity contribution is 5.81. The normalized spacial score (nSPS) is 14.6. The van der Waals surface area contributed by atoms with Crippen molar-refractivity contribution >= 4 is 16.8 Å². The molecule has 0 atom stereocenters. The molecule has 162 valence electrons. The van der Waals surface area contributed by atoms with E-state index in [1.165, 1.54) is 9.13 Å². The van der Waals surface area contributed by atoms with E-state index in [0.717, 1.165) is 25.2 Å². The topological polar surface area (TPSA) is 85.6 Å².